The summed E-state index contributed by atoms with van der Waals surface area (Å²) in [7, 11) is 0. The number of nitrogens with one attached hydrogen (secondary N) is 1. The van der Waals surface area contributed by atoms with Gasteiger partial charge in [-0.25, -0.2) is 0 Å². The second-order valence-corrected chi connectivity index (χ2v) is 5.57. The molecule has 0 spiro atoms. The molecule has 0 saturated heterocycles. The lowest BCUT2D eigenvalue weighted by Gasteiger charge is -2.03. The lowest BCUT2D eigenvalue weighted by molar-refractivity contribution is 0.960. The Morgan fingerprint density at radius 1 is 0.950 bits per heavy atom. The van der Waals surface area contributed by atoms with Gasteiger partial charge in [-0.3, -0.25) is 4.99 Å². The van der Waals surface area contributed by atoms with Crippen LogP contribution < -0.4 is 5.32 Å². The molecule has 20 heavy (non-hydrogen) atoms. The van der Waals surface area contributed by atoms with Gasteiger partial charge in [0.2, 0.25) is 0 Å². The molecule has 0 amide bonds. The average Bonchev–Trinajstić information content (AvgIpc) is 3.17. The van der Waals surface area contributed by atoms with Gasteiger partial charge in [-0.05, 0) is 17.6 Å². The second kappa shape index (κ2) is 4.72. The summed E-state index contributed by atoms with van der Waals surface area (Å²) >= 11 is 1.55. The Labute approximate surface area is 121 Å². The molecule has 1 aliphatic rings. The molecule has 1 N–H and O–H groups in total. The minimum absolute atomic E-state index is 0.869. The van der Waals surface area contributed by atoms with Gasteiger partial charge in [0.25, 0.3) is 0 Å². The largest absolute Gasteiger partial charge is 0.368 e. The van der Waals surface area contributed by atoms with Gasteiger partial charge in [0.05, 0.1) is 16.9 Å². The Hall–Kier alpha value is -2.20. The minimum atomic E-state index is 0.869. The summed E-state index contributed by atoms with van der Waals surface area (Å²) in [4.78, 5) is 4.44. The first-order valence-electron chi connectivity index (χ1n) is 6.65. The van der Waals surface area contributed by atoms with Gasteiger partial charge in [-0.15, -0.1) is 0 Å². The molecule has 1 aliphatic heterocycles. The highest BCUT2D eigenvalue weighted by Gasteiger charge is 2.10. The molecule has 0 saturated carbocycles. The Bertz CT molecular complexity index is 787. The van der Waals surface area contributed by atoms with Crippen molar-refractivity contribution in [1.29, 1.82) is 0 Å². The van der Waals surface area contributed by atoms with Crippen molar-refractivity contribution in [1.82, 2.24) is 9.69 Å². The summed E-state index contributed by atoms with van der Waals surface area (Å²) in [6.45, 7) is 1.81. The fourth-order valence-corrected chi connectivity index (χ4v) is 3.27. The van der Waals surface area contributed by atoms with Crippen LogP contribution in [0.15, 0.2) is 53.5 Å². The van der Waals surface area contributed by atoms with Gasteiger partial charge in [0.1, 0.15) is 5.84 Å². The van der Waals surface area contributed by atoms with E-state index in [9.17, 15) is 0 Å². The maximum Gasteiger partial charge on any atom is 0.128 e. The van der Waals surface area contributed by atoms with Crippen LogP contribution in [-0.2, 0) is 0 Å². The van der Waals surface area contributed by atoms with E-state index < -0.39 is 0 Å². The summed E-state index contributed by atoms with van der Waals surface area (Å²) in [6.07, 6.45) is 0. The summed E-state index contributed by atoms with van der Waals surface area (Å²) in [5, 5.41) is 4.52. The molecule has 3 aromatic rings. The zero-order chi connectivity index (χ0) is 13.4. The van der Waals surface area contributed by atoms with Crippen LogP contribution in [0.2, 0.25) is 0 Å². The molecule has 0 aliphatic carbocycles. The van der Waals surface area contributed by atoms with Crippen LogP contribution in [0, 0.1) is 0 Å². The van der Waals surface area contributed by atoms with Crippen molar-refractivity contribution in [2.45, 2.75) is 0 Å². The number of hydrogen-bond acceptors (Lipinski definition) is 4. The van der Waals surface area contributed by atoms with E-state index in [0.717, 1.165) is 35.7 Å². The third kappa shape index (κ3) is 1.89. The lowest BCUT2D eigenvalue weighted by Crippen LogP contribution is -2.19. The monoisotopic (exact) mass is 279 g/mol. The van der Waals surface area contributed by atoms with Crippen molar-refractivity contribution in [3.8, 4) is 11.3 Å². The number of rotatable bonds is 2. The highest BCUT2D eigenvalue weighted by Crippen LogP contribution is 2.30. The number of aliphatic imine (C=N–C) groups is 1. The quantitative estimate of drug-likeness (QED) is 0.781. The van der Waals surface area contributed by atoms with E-state index in [1.807, 2.05) is 0 Å². The molecule has 4 heteroatoms. The van der Waals surface area contributed by atoms with Crippen molar-refractivity contribution in [2.75, 3.05) is 13.1 Å². The lowest BCUT2D eigenvalue weighted by atomic mass is 10.1. The molecule has 0 fully saturated rings. The first-order valence-corrected chi connectivity index (χ1v) is 7.43. The third-order valence-electron chi connectivity index (χ3n) is 3.48. The third-order valence-corrected chi connectivity index (χ3v) is 4.31. The molecule has 0 bridgehead atoms. The van der Waals surface area contributed by atoms with Crippen LogP contribution in [-0.4, -0.2) is 23.3 Å². The van der Waals surface area contributed by atoms with Crippen LogP contribution in [0.3, 0.4) is 0 Å². The Morgan fingerprint density at radius 2 is 1.75 bits per heavy atom. The zero-order valence-electron chi connectivity index (χ0n) is 10.8. The van der Waals surface area contributed by atoms with E-state index in [2.05, 4.69) is 63.2 Å². The maximum atomic E-state index is 4.59. The number of benzene rings is 2. The van der Waals surface area contributed by atoms with E-state index in [1.54, 1.807) is 11.5 Å². The summed E-state index contributed by atoms with van der Waals surface area (Å²) < 4.78 is 5.82. The topological polar surface area (TPSA) is 37.3 Å². The van der Waals surface area contributed by atoms with Crippen LogP contribution in [0.4, 0.5) is 0 Å². The SMILES string of the molecule is c1ccc2c(-c3ccc(C4=NCCN4)cc3)nsc2c1. The molecule has 0 atom stereocenters. The van der Waals surface area contributed by atoms with E-state index in [-0.39, 0.29) is 0 Å². The summed E-state index contributed by atoms with van der Waals surface area (Å²) in [6, 6.07) is 16.8. The normalized spacial score (nSPS) is 14.3. The highest BCUT2D eigenvalue weighted by atomic mass is 32.1. The van der Waals surface area contributed by atoms with E-state index in [1.165, 1.54) is 10.1 Å². The van der Waals surface area contributed by atoms with Crippen molar-refractivity contribution in [3.05, 3.63) is 54.1 Å². The van der Waals surface area contributed by atoms with E-state index in [0.29, 0.717) is 0 Å². The molecule has 0 radical (unpaired) electrons. The van der Waals surface area contributed by atoms with Gasteiger partial charge in [0, 0.05) is 23.1 Å². The number of aromatic nitrogens is 1. The molecule has 0 unspecified atom stereocenters. The molecule has 2 aromatic carbocycles. The molecule has 3 nitrogen and oxygen atoms in total. The zero-order valence-corrected chi connectivity index (χ0v) is 11.7. The second-order valence-electron chi connectivity index (χ2n) is 4.76. The van der Waals surface area contributed by atoms with Gasteiger partial charge in [-0.2, -0.15) is 4.37 Å². The molecular weight excluding hydrogens is 266 g/mol. The summed E-state index contributed by atoms with van der Waals surface area (Å²) in [5.74, 6) is 1.000. The molecule has 1 aromatic heterocycles. The van der Waals surface area contributed by atoms with Crippen LogP contribution in [0.25, 0.3) is 21.3 Å². The average molecular weight is 279 g/mol. The van der Waals surface area contributed by atoms with Crippen molar-refractivity contribution in [2.24, 2.45) is 4.99 Å². The van der Waals surface area contributed by atoms with Gasteiger partial charge in [0.15, 0.2) is 0 Å². The summed E-state index contributed by atoms with van der Waals surface area (Å²) in [5.41, 5.74) is 3.37. The minimum Gasteiger partial charge on any atom is -0.368 e. The van der Waals surface area contributed by atoms with Crippen molar-refractivity contribution < 1.29 is 0 Å². The number of nitrogens with zero attached hydrogens (tertiary/aromatic N) is 2. The first-order chi connectivity index (χ1) is 9.92. The predicted molar refractivity (Wildman–Crippen MR) is 84.5 cm³/mol. The molecule has 4 rings (SSSR count). The number of hydrogen-bond donors (Lipinski definition) is 1. The van der Waals surface area contributed by atoms with Crippen molar-refractivity contribution in [3.63, 3.8) is 0 Å². The molecule has 2 heterocycles. The molecule has 98 valence electrons. The van der Waals surface area contributed by atoms with E-state index in [4.69, 9.17) is 0 Å². The smallest absolute Gasteiger partial charge is 0.128 e. The fraction of sp³-hybridized carbons (Fsp3) is 0.125. The van der Waals surface area contributed by atoms with Crippen molar-refractivity contribution >= 4 is 27.5 Å². The predicted octanol–water partition coefficient (Wildman–Crippen LogP) is 3.31. The van der Waals surface area contributed by atoms with E-state index >= 15 is 0 Å². The molecular formula is C16H13N3S. The Kier molecular flexibility index (Phi) is 2.74. The number of fused-ring (bicyclic) bond motifs is 1. The maximum absolute atomic E-state index is 4.59. The number of amidine groups is 1. The van der Waals surface area contributed by atoms with Gasteiger partial charge in [-0.1, -0.05) is 42.5 Å². The van der Waals surface area contributed by atoms with Gasteiger partial charge < -0.3 is 5.32 Å². The van der Waals surface area contributed by atoms with Crippen LogP contribution in [0.5, 0.6) is 0 Å². The first kappa shape index (κ1) is 11.6. The fourth-order valence-electron chi connectivity index (χ4n) is 2.47. The van der Waals surface area contributed by atoms with Crippen LogP contribution >= 0.6 is 11.5 Å². The van der Waals surface area contributed by atoms with Gasteiger partial charge >= 0.3 is 0 Å². The standard InChI is InChI=1S/C16H13N3S/c1-2-4-14-13(3-1)15(19-20-14)11-5-7-12(8-6-11)16-17-9-10-18-16/h1-8H,9-10H2,(H,17,18). The van der Waals surface area contributed by atoms with Crippen LogP contribution in [0.1, 0.15) is 5.56 Å². The Morgan fingerprint density at radius 3 is 2.55 bits per heavy atom. The highest BCUT2D eigenvalue weighted by molar-refractivity contribution is 7.13. The Balaban J connectivity index is 1.75.